The van der Waals surface area contributed by atoms with E-state index in [4.69, 9.17) is 4.74 Å². The molecule has 2 heteroatoms. The van der Waals surface area contributed by atoms with Gasteiger partial charge in [-0.1, -0.05) is 50.6 Å². The van der Waals surface area contributed by atoms with E-state index in [0.717, 1.165) is 17.9 Å². The van der Waals surface area contributed by atoms with Gasteiger partial charge in [0.05, 0.1) is 10.9 Å². The lowest BCUT2D eigenvalue weighted by Crippen LogP contribution is -2.32. The summed E-state index contributed by atoms with van der Waals surface area (Å²) in [6.45, 7) is 13.5. The van der Waals surface area contributed by atoms with Gasteiger partial charge in [-0.25, -0.2) is 4.57 Å². The molecule has 0 saturated carbocycles. The summed E-state index contributed by atoms with van der Waals surface area (Å²) in [4.78, 5) is 0. The number of pyridine rings is 1. The van der Waals surface area contributed by atoms with E-state index >= 15 is 0 Å². The highest BCUT2D eigenvalue weighted by Crippen LogP contribution is 2.50. The molecule has 5 rings (SSSR count). The Balaban J connectivity index is 1.89. The number of ether oxygens (including phenoxy) is 1. The Labute approximate surface area is 179 Å². The fraction of sp³-hybridized carbons (Fsp3) is 0.321. The molecule has 1 aliphatic rings. The van der Waals surface area contributed by atoms with Gasteiger partial charge in [0, 0.05) is 11.6 Å². The quantitative estimate of drug-likeness (QED) is 0.275. The highest BCUT2D eigenvalue weighted by atomic mass is 16.5. The minimum atomic E-state index is 0.232. The Hall–Kier alpha value is -2.87. The molecule has 0 bridgehead atoms. The van der Waals surface area contributed by atoms with Gasteiger partial charge in [-0.05, 0) is 66.0 Å². The maximum atomic E-state index is 6.70. The summed E-state index contributed by atoms with van der Waals surface area (Å²) in [6, 6.07) is 13.6. The summed E-state index contributed by atoms with van der Waals surface area (Å²) in [5, 5.41) is 5.08. The van der Waals surface area contributed by atoms with Crippen LogP contribution in [0.5, 0.6) is 11.5 Å². The maximum Gasteiger partial charge on any atom is 0.228 e. The smallest absolute Gasteiger partial charge is 0.228 e. The zero-order valence-electron chi connectivity index (χ0n) is 19.1. The number of hydrogen-bond donors (Lipinski definition) is 0. The van der Waals surface area contributed by atoms with Crippen LogP contribution < -0.4 is 9.30 Å². The molecule has 1 aromatic heterocycles. The van der Waals surface area contributed by atoms with Crippen LogP contribution >= 0.6 is 0 Å². The molecule has 0 atom stereocenters. The van der Waals surface area contributed by atoms with E-state index in [-0.39, 0.29) is 5.41 Å². The molecule has 0 fully saturated rings. The lowest BCUT2D eigenvalue weighted by atomic mass is 9.85. The Morgan fingerprint density at radius 2 is 1.67 bits per heavy atom. The van der Waals surface area contributed by atoms with E-state index in [1.807, 2.05) is 0 Å². The van der Waals surface area contributed by atoms with E-state index in [1.54, 1.807) is 0 Å². The Bertz CT molecular complexity index is 1360. The average Bonchev–Trinajstić information content (AvgIpc) is 2.66. The summed E-state index contributed by atoms with van der Waals surface area (Å²) < 4.78 is 8.95. The molecule has 0 unspecified atom stereocenters. The molecule has 2 nitrogen and oxygen atoms in total. The van der Waals surface area contributed by atoms with Crippen molar-refractivity contribution in [2.24, 2.45) is 12.5 Å². The van der Waals surface area contributed by atoms with Gasteiger partial charge in [0.2, 0.25) is 5.69 Å². The Morgan fingerprint density at radius 3 is 2.40 bits per heavy atom. The highest BCUT2D eigenvalue weighted by molar-refractivity contribution is 6.06. The van der Waals surface area contributed by atoms with Crippen LogP contribution in [0.3, 0.4) is 0 Å². The molecular weight excluding hydrogens is 366 g/mol. The lowest BCUT2D eigenvalue weighted by molar-refractivity contribution is -0.659. The van der Waals surface area contributed by atoms with Crippen molar-refractivity contribution < 1.29 is 9.30 Å². The van der Waals surface area contributed by atoms with Crippen LogP contribution in [0.1, 0.15) is 43.0 Å². The molecule has 3 aromatic carbocycles. The van der Waals surface area contributed by atoms with Crippen molar-refractivity contribution in [2.45, 2.75) is 48.0 Å². The molecule has 0 N–H and O–H groups in total. The van der Waals surface area contributed by atoms with Crippen LogP contribution in [-0.2, 0) is 13.5 Å². The molecule has 0 amide bonds. The normalized spacial score (nSPS) is 12.9. The molecule has 0 radical (unpaired) electrons. The first-order chi connectivity index (χ1) is 14.1. The van der Waals surface area contributed by atoms with Crippen molar-refractivity contribution in [3.8, 4) is 22.8 Å². The molecule has 0 saturated heterocycles. The molecule has 2 heterocycles. The molecule has 0 spiro atoms. The van der Waals surface area contributed by atoms with Crippen LogP contribution in [0.25, 0.3) is 32.8 Å². The van der Waals surface area contributed by atoms with Crippen molar-refractivity contribution in [3.63, 3.8) is 0 Å². The van der Waals surface area contributed by atoms with Crippen LogP contribution in [0, 0.1) is 26.2 Å². The molecule has 152 valence electrons. The van der Waals surface area contributed by atoms with Crippen LogP contribution in [0.2, 0.25) is 0 Å². The fourth-order valence-corrected chi connectivity index (χ4v) is 5.05. The monoisotopic (exact) mass is 396 g/mol. The first kappa shape index (κ1) is 19.1. The summed E-state index contributed by atoms with van der Waals surface area (Å²) in [5.41, 5.74) is 7.85. The average molecular weight is 397 g/mol. The van der Waals surface area contributed by atoms with E-state index in [2.05, 4.69) is 95.8 Å². The second-order valence-corrected chi connectivity index (χ2v) is 10.2. The predicted molar refractivity (Wildman–Crippen MR) is 126 cm³/mol. The van der Waals surface area contributed by atoms with Gasteiger partial charge in [0.25, 0.3) is 0 Å². The van der Waals surface area contributed by atoms with E-state index in [0.29, 0.717) is 0 Å². The van der Waals surface area contributed by atoms with Gasteiger partial charge in [-0.15, -0.1) is 0 Å². The predicted octanol–water partition coefficient (Wildman–Crippen LogP) is 7.10. The Kier molecular flexibility index (Phi) is 4.02. The third kappa shape index (κ3) is 2.81. The van der Waals surface area contributed by atoms with Gasteiger partial charge in [-0.3, -0.25) is 0 Å². The fourth-order valence-electron chi connectivity index (χ4n) is 5.05. The van der Waals surface area contributed by atoms with Gasteiger partial charge < -0.3 is 4.74 Å². The first-order valence-electron chi connectivity index (χ1n) is 10.8. The molecular formula is C28H30NO+. The maximum absolute atomic E-state index is 6.70. The van der Waals surface area contributed by atoms with Crippen molar-refractivity contribution >= 4 is 21.5 Å². The molecule has 30 heavy (non-hydrogen) atoms. The summed E-state index contributed by atoms with van der Waals surface area (Å²) in [7, 11) is 2.14. The van der Waals surface area contributed by atoms with Crippen molar-refractivity contribution in [2.75, 3.05) is 0 Å². The summed E-state index contributed by atoms with van der Waals surface area (Å²) in [6.07, 6.45) is 3.21. The zero-order valence-corrected chi connectivity index (χ0v) is 19.1. The third-order valence-corrected chi connectivity index (χ3v) is 6.37. The standard InChI is InChI=1S/C28H30NO/c1-16-8-9-21-18(3)27-24(17(2)22(21)12-16)26-25-20(10-11-29(26)7)13-19(14-23(25)30-27)15-28(4,5)6/h8-14H,15H2,1-7H3/q+1. The first-order valence-corrected chi connectivity index (χ1v) is 10.8. The largest absolute Gasteiger partial charge is 0.455 e. The lowest BCUT2D eigenvalue weighted by Gasteiger charge is -2.25. The molecule has 4 aromatic rings. The minimum absolute atomic E-state index is 0.232. The second-order valence-electron chi connectivity index (χ2n) is 10.2. The third-order valence-electron chi connectivity index (χ3n) is 6.37. The van der Waals surface area contributed by atoms with Crippen LogP contribution in [0.15, 0.2) is 42.6 Å². The molecule has 0 aliphatic carbocycles. The molecule has 1 aliphatic heterocycles. The number of rotatable bonds is 1. The topological polar surface area (TPSA) is 13.1 Å². The highest BCUT2D eigenvalue weighted by Gasteiger charge is 2.32. The Morgan fingerprint density at radius 1 is 0.900 bits per heavy atom. The number of fused-ring (bicyclic) bond motifs is 3. The number of aryl methyl sites for hydroxylation is 4. The SMILES string of the molecule is Cc1ccc2c(C)c3c(c(C)c2c1)-c1c2c(cc(CC(C)(C)C)cc2cc[n+]1C)O3. The van der Waals surface area contributed by atoms with E-state index in [1.165, 1.54) is 55.1 Å². The van der Waals surface area contributed by atoms with Crippen molar-refractivity contribution in [3.05, 3.63) is 64.8 Å². The van der Waals surface area contributed by atoms with Gasteiger partial charge in [0.1, 0.15) is 18.5 Å². The number of nitrogens with zero attached hydrogens (tertiary/aromatic N) is 1. The number of aromatic nitrogens is 1. The minimum Gasteiger partial charge on any atom is -0.455 e. The number of benzene rings is 3. The van der Waals surface area contributed by atoms with Gasteiger partial charge in [0.15, 0.2) is 6.20 Å². The van der Waals surface area contributed by atoms with Crippen LogP contribution in [-0.4, -0.2) is 0 Å². The van der Waals surface area contributed by atoms with E-state index < -0.39 is 0 Å². The summed E-state index contributed by atoms with van der Waals surface area (Å²) in [5.74, 6) is 1.99. The van der Waals surface area contributed by atoms with Crippen molar-refractivity contribution in [1.29, 1.82) is 0 Å². The second kappa shape index (κ2) is 6.31. The zero-order chi connectivity index (χ0) is 21.4. The van der Waals surface area contributed by atoms with Crippen LogP contribution in [0.4, 0.5) is 0 Å². The summed E-state index contributed by atoms with van der Waals surface area (Å²) >= 11 is 0. The number of hydrogen-bond acceptors (Lipinski definition) is 1. The van der Waals surface area contributed by atoms with Gasteiger partial charge in [-0.2, -0.15) is 0 Å². The van der Waals surface area contributed by atoms with Crippen molar-refractivity contribution in [1.82, 2.24) is 0 Å². The van der Waals surface area contributed by atoms with Gasteiger partial charge >= 0.3 is 0 Å². The van der Waals surface area contributed by atoms with E-state index in [9.17, 15) is 0 Å².